The van der Waals surface area contributed by atoms with Gasteiger partial charge in [0.1, 0.15) is 0 Å². The molecule has 0 bridgehead atoms. The SMILES string of the molecule is CCC(C)C(N)CN(C)CC(F)F. The summed E-state index contributed by atoms with van der Waals surface area (Å²) in [4.78, 5) is 1.58. The molecule has 13 heavy (non-hydrogen) atoms. The van der Waals surface area contributed by atoms with Crippen LogP contribution in [0.15, 0.2) is 0 Å². The zero-order valence-electron chi connectivity index (χ0n) is 8.63. The maximum Gasteiger partial charge on any atom is 0.251 e. The predicted octanol–water partition coefficient (Wildman–Crippen LogP) is 1.56. The molecule has 0 aliphatic carbocycles. The lowest BCUT2D eigenvalue weighted by Gasteiger charge is -2.24. The molecule has 2 atom stereocenters. The summed E-state index contributed by atoms with van der Waals surface area (Å²) in [6, 6.07) is -0.00579. The first-order chi connectivity index (χ1) is 5.97. The molecule has 4 heteroatoms. The van der Waals surface area contributed by atoms with Crippen molar-refractivity contribution in [1.29, 1.82) is 0 Å². The second-order valence-corrected chi connectivity index (χ2v) is 3.66. The minimum atomic E-state index is -2.27. The van der Waals surface area contributed by atoms with E-state index in [-0.39, 0.29) is 12.6 Å². The highest BCUT2D eigenvalue weighted by Crippen LogP contribution is 2.07. The molecule has 2 N–H and O–H groups in total. The normalized spacial score (nSPS) is 16.6. The number of hydrogen-bond acceptors (Lipinski definition) is 2. The highest BCUT2D eigenvalue weighted by Gasteiger charge is 2.15. The summed E-state index contributed by atoms with van der Waals surface area (Å²) < 4.78 is 23.9. The molecule has 0 fully saturated rings. The molecule has 0 saturated carbocycles. The standard InChI is InChI=1S/C9H20F2N2/c1-4-7(2)8(12)5-13(3)6-9(10)11/h7-9H,4-6,12H2,1-3H3. The van der Waals surface area contributed by atoms with Gasteiger partial charge in [-0.3, -0.25) is 4.90 Å². The molecule has 0 aromatic heterocycles. The van der Waals surface area contributed by atoms with Crippen LogP contribution in [0.3, 0.4) is 0 Å². The number of alkyl halides is 2. The number of rotatable bonds is 6. The Hall–Kier alpha value is -0.220. The van der Waals surface area contributed by atoms with E-state index >= 15 is 0 Å². The van der Waals surface area contributed by atoms with Gasteiger partial charge in [0.05, 0.1) is 6.54 Å². The molecular formula is C9H20F2N2. The second kappa shape index (κ2) is 6.27. The van der Waals surface area contributed by atoms with Crippen molar-refractivity contribution in [3.8, 4) is 0 Å². The van der Waals surface area contributed by atoms with Crippen LogP contribution in [0, 0.1) is 5.92 Å². The molecule has 2 unspecified atom stereocenters. The summed E-state index contributed by atoms with van der Waals surface area (Å²) in [5.74, 6) is 0.389. The molecule has 2 nitrogen and oxygen atoms in total. The molecule has 0 aromatic rings. The van der Waals surface area contributed by atoms with E-state index in [1.165, 1.54) is 0 Å². The van der Waals surface area contributed by atoms with Crippen molar-refractivity contribution >= 4 is 0 Å². The molecule has 0 rings (SSSR count). The zero-order valence-corrected chi connectivity index (χ0v) is 8.63. The average molecular weight is 194 g/mol. The van der Waals surface area contributed by atoms with E-state index in [4.69, 9.17) is 5.73 Å². The Morgan fingerprint density at radius 2 is 1.85 bits per heavy atom. The maximum atomic E-state index is 11.9. The lowest BCUT2D eigenvalue weighted by atomic mass is 10.00. The van der Waals surface area contributed by atoms with Crippen molar-refractivity contribution in [2.24, 2.45) is 11.7 Å². The van der Waals surface area contributed by atoms with Gasteiger partial charge in [0.2, 0.25) is 0 Å². The van der Waals surface area contributed by atoms with Gasteiger partial charge in [0.25, 0.3) is 6.43 Å². The Bertz CT molecular complexity index is 131. The summed E-state index contributed by atoms with van der Waals surface area (Å²) >= 11 is 0. The van der Waals surface area contributed by atoms with Gasteiger partial charge in [-0.1, -0.05) is 20.3 Å². The Morgan fingerprint density at radius 3 is 2.23 bits per heavy atom. The van der Waals surface area contributed by atoms with Crippen LogP contribution < -0.4 is 5.73 Å². The van der Waals surface area contributed by atoms with Crippen LogP contribution in [-0.2, 0) is 0 Å². The van der Waals surface area contributed by atoms with Gasteiger partial charge >= 0.3 is 0 Å². The van der Waals surface area contributed by atoms with E-state index < -0.39 is 6.43 Å². The molecule has 0 amide bonds. The van der Waals surface area contributed by atoms with Crippen LogP contribution in [0.2, 0.25) is 0 Å². The highest BCUT2D eigenvalue weighted by molar-refractivity contribution is 4.71. The summed E-state index contributed by atoms with van der Waals surface area (Å²) in [7, 11) is 1.68. The van der Waals surface area contributed by atoms with Crippen LogP contribution in [0.25, 0.3) is 0 Å². The maximum absolute atomic E-state index is 11.9. The molecule has 0 saturated heterocycles. The van der Waals surface area contributed by atoms with Crippen molar-refractivity contribution in [2.45, 2.75) is 32.7 Å². The first-order valence-electron chi connectivity index (χ1n) is 4.69. The van der Waals surface area contributed by atoms with E-state index in [1.807, 2.05) is 6.92 Å². The zero-order chi connectivity index (χ0) is 10.4. The summed E-state index contributed by atoms with van der Waals surface area (Å²) in [5.41, 5.74) is 5.82. The van der Waals surface area contributed by atoms with Crippen molar-refractivity contribution < 1.29 is 8.78 Å². The van der Waals surface area contributed by atoms with Crippen LogP contribution in [0.5, 0.6) is 0 Å². The fraction of sp³-hybridized carbons (Fsp3) is 1.00. The van der Waals surface area contributed by atoms with Crippen LogP contribution in [0.4, 0.5) is 8.78 Å². The minimum absolute atomic E-state index is 0.00579. The fourth-order valence-corrected chi connectivity index (χ4v) is 1.15. The first kappa shape index (κ1) is 12.8. The quantitative estimate of drug-likeness (QED) is 0.695. The van der Waals surface area contributed by atoms with Gasteiger partial charge in [-0.05, 0) is 13.0 Å². The van der Waals surface area contributed by atoms with E-state index in [2.05, 4.69) is 6.92 Å². The van der Waals surface area contributed by atoms with Crippen LogP contribution in [0.1, 0.15) is 20.3 Å². The van der Waals surface area contributed by atoms with E-state index in [0.717, 1.165) is 6.42 Å². The fourth-order valence-electron chi connectivity index (χ4n) is 1.15. The molecule has 0 aliphatic rings. The van der Waals surface area contributed by atoms with Gasteiger partial charge in [-0.2, -0.15) is 0 Å². The van der Waals surface area contributed by atoms with Crippen molar-refractivity contribution in [3.63, 3.8) is 0 Å². The van der Waals surface area contributed by atoms with Crippen molar-refractivity contribution in [2.75, 3.05) is 20.1 Å². The summed E-state index contributed by atoms with van der Waals surface area (Å²) in [5, 5.41) is 0. The Morgan fingerprint density at radius 1 is 1.31 bits per heavy atom. The minimum Gasteiger partial charge on any atom is -0.326 e. The second-order valence-electron chi connectivity index (χ2n) is 3.66. The lowest BCUT2D eigenvalue weighted by Crippen LogP contribution is -2.41. The molecule has 0 aliphatic heterocycles. The molecular weight excluding hydrogens is 174 g/mol. The summed E-state index contributed by atoms with van der Waals surface area (Å²) in [6.07, 6.45) is -1.28. The Kier molecular flexibility index (Phi) is 6.16. The third-order valence-electron chi connectivity index (χ3n) is 2.35. The Labute approximate surface area is 79.1 Å². The largest absolute Gasteiger partial charge is 0.326 e. The predicted molar refractivity (Wildman–Crippen MR) is 50.9 cm³/mol. The number of nitrogens with zero attached hydrogens (tertiary/aromatic N) is 1. The van der Waals surface area contributed by atoms with Gasteiger partial charge < -0.3 is 5.73 Å². The van der Waals surface area contributed by atoms with Gasteiger partial charge in [0, 0.05) is 12.6 Å². The van der Waals surface area contributed by atoms with Crippen LogP contribution in [-0.4, -0.2) is 37.5 Å². The van der Waals surface area contributed by atoms with Crippen molar-refractivity contribution in [1.82, 2.24) is 4.90 Å². The van der Waals surface area contributed by atoms with E-state index in [0.29, 0.717) is 12.5 Å². The molecule has 0 heterocycles. The van der Waals surface area contributed by atoms with Gasteiger partial charge in [0.15, 0.2) is 0 Å². The van der Waals surface area contributed by atoms with E-state index in [1.54, 1.807) is 11.9 Å². The number of hydrogen-bond donors (Lipinski definition) is 1. The monoisotopic (exact) mass is 194 g/mol. The topological polar surface area (TPSA) is 29.3 Å². The lowest BCUT2D eigenvalue weighted by molar-refractivity contribution is 0.0949. The smallest absolute Gasteiger partial charge is 0.251 e. The molecule has 0 spiro atoms. The molecule has 0 radical (unpaired) electrons. The molecule has 80 valence electrons. The van der Waals surface area contributed by atoms with Gasteiger partial charge in [-0.15, -0.1) is 0 Å². The third kappa shape index (κ3) is 5.93. The first-order valence-corrected chi connectivity index (χ1v) is 4.69. The van der Waals surface area contributed by atoms with Crippen LogP contribution >= 0.6 is 0 Å². The number of nitrogens with two attached hydrogens (primary N) is 1. The number of likely N-dealkylation sites (N-methyl/N-ethyl adjacent to an activating group) is 1. The van der Waals surface area contributed by atoms with E-state index in [9.17, 15) is 8.78 Å². The summed E-state index contributed by atoms with van der Waals surface area (Å²) in [6.45, 7) is 4.45. The highest BCUT2D eigenvalue weighted by atomic mass is 19.3. The number of halogens is 2. The van der Waals surface area contributed by atoms with Gasteiger partial charge in [-0.25, -0.2) is 8.78 Å². The molecule has 0 aromatic carbocycles. The average Bonchev–Trinajstić information content (AvgIpc) is 2.01. The Balaban J connectivity index is 3.70. The van der Waals surface area contributed by atoms with Crippen molar-refractivity contribution in [3.05, 3.63) is 0 Å². The third-order valence-corrected chi connectivity index (χ3v) is 2.35.